The fourth-order valence-electron chi connectivity index (χ4n) is 2.16. The van der Waals surface area contributed by atoms with E-state index in [0.29, 0.717) is 25.7 Å². The number of rotatable bonds is 12. The molecule has 0 bridgehead atoms. The highest BCUT2D eigenvalue weighted by atomic mass is 16.5. The van der Waals surface area contributed by atoms with Gasteiger partial charge in [0.1, 0.15) is 13.2 Å². The molecule has 0 saturated carbocycles. The number of hydrogen-bond acceptors (Lipinski definition) is 8. The van der Waals surface area contributed by atoms with Gasteiger partial charge in [-0.2, -0.15) is 0 Å². The van der Waals surface area contributed by atoms with Gasteiger partial charge in [-0.05, 0) is 37.8 Å². The highest BCUT2D eigenvalue weighted by Gasteiger charge is 2.20. The first-order valence-electron chi connectivity index (χ1n) is 8.50. The van der Waals surface area contributed by atoms with Crippen LogP contribution in [-0.2, 0) is 9.47 Å². The van der Waals surface area contributed by atoms with Gasteiger partial charge in [0.15, 0.2) is 0 Å². The Morgan fingerprint density at radius 2 is 1.19 bits per heavy atom. The Hall–Kier alpha value is -2.00. The predicted octanol–water partition coefficient (Wildman–Crippen LogP) is 0.267. The van der Waals surface area contributed by atoms with Gasteiger partial charge in [0.05, 0.1) is 23.3 Å². The standard InChI is InChI=1S/C18H26O8/c19-9-3-5-13(21)11-25-17(23)15-7-1-2-8-16(15)18(24)26-12-14(22)6-4-10-20/h1-2,7-8,13-14,19-22H,3-6,9-12H2. The topological polar surface area (TPSA) is 134 Å². The maximum Gasteiger partial charge on any atom is 0.339 e. The molecule has 1 rings (SSSR count). The number of esters is 2. The van der Waals surface area contributed by atoms with E-state index in [9.17, 15) is 19.8 Å². The molecule has 0 saturated heterocycles. The van der Waals surface area contributed by atoms with E-state index in [1.165, 1.54) is 12.1 Å². The Kier molecular flexibility index (Phi) is 10.5. The summed E-state index contributed by atoms with van der Waals surface area (Å²) in [4.78, 5) is 24.3. The van der Waals surface area contributed by atoms with Gasteiger partial charge in [0, 0.05) is 13.2 Å². The molecule has 0 radical (unpaired) electrons. The molecule has 8 nitrogen and oxygen atoms in total. The Labute approximate surface area is 152 Å². The summed E-state index contributed by atoms with van der Waals surface area (Å²) in [6, 6.07) is 5.93. The molecule has 0 aliphatic carbocycles. The zero-order valence-electron chi connectivity index (χ0n) is 14.5. The molecule has 0 heterocycles. The monoisotopic (exact) mass is 370 g/mol. The van der Waals surface area contributed by atoms with Crippen LogP contribution in [0.4, 0.5) is 0 Å². The Bertz CT molecular complexity index is 511. The lowest BCUT2D eigenvalue weighted by Crippen LogP contribution is -2.22. The molecule has 0 spiro atoms. The molecule has 0 amide bonds. The van der Waals surface area contributed by atoms with Crippen LogP contribution in [0.1, 0.15) is 46.4 Å². The van der Waals surface area contributed by atoms with Crippen molar-refractivity contribution in [1.29, 1.82) is 0 Å². The number of benzene rings is 1. The molecule has 1 aromatic carbocycles. The third-order valence-electron chi connectivity index (χ3n) is 3.57. The van der Waals surface area contributed by atoms with Gasteiger partial charge < -0.3 is 29.9 Å². The first kappa shape index (κ1) is 22.0. The van der Waals surface area contributed by atoms with E-state index < -0.39 is 24.1 Å². The number of aliphatic hydroxyl groups excluding tert-OH is 4. The van der Waals surface area contributed by atoms with E-state index in [-0.39, 0.29) is 37.6 Å². The van der Waals surface area contributed by atoms with Gasteiger partial charge in [-0.3, -0.25) is 0 Å². The van der Waals surface area contributed by atoms with Gasteiger partial charge in [-0.25, -0.2) is 9.59 Å². The molecule has 8 heteroatoms. The summed E-state index contributed by atoms with van der Waals surface area (Å²) in [6.07, 6.45) is -0.433. The van der Waals surface area contributed by atoms with Crippen LogP contribution in [0.2, 0.25) is 0 Å². The van der Waals surface area contributed by atoms with Crippen LogP contribution in [0.3, 0.4) is 0 Å². The number of carbonyl (C=O) groups is 2. The zero-order valence-corrected chi connectivity index (χ0v) is 14.5. The molecule has 2 atom stereocenters. The van der Waals surface area contributed by atoms with Crippen LogP contribution < -0.4 is 0 Å². The second-order valence-corrected chi connectivity index (χ2v) is 5.78. The highest BCUT2D eigenvalue weighted by Crippen LogP contribution is 2.13. The zero-order chi connectivity index (χ0) is 19.4. The molecule has 4 N–H and O–H groups in total. The first-order valence-corrected chi connectivity index (χ1v) is 8.50. The molecule has 26 heavy (non-hydrogen) atoms. The van der Waals surface area contributed by atoms with Crippen molar-refractivity contribution in [2.45, 2.75) is 37.9 Å². The average molecular weight is 370 g/mol. The molecule has 0 aliphatic heterocycles. The largest absolute Gasteiger partial charge is 0.459 e. The van der Waals surface area contributed by atoms with Crippen LogP contribution in [0, 0.1) is 0 Å². The second kappa shape index (κ2) is 12.4. The van der Waals surface area contributed by atoms with Gasteiger partial charge in [0.25, 0.3) is 0 Å². The fraction of sp³-hybridized carbons (Fsp3) is 0.556. The minimum absolute atomic E-state index is 0.00305. The quantitative estimate of drug-likeness (QED) is 0.385. The highest BCUT2D eigenvalue weighted by molar-refractivity contribution is 6.03. The van der Waals surface area contributed by atoms with Gasteiger partial charge >= 0.3 is 11.9 Å². The molecule has 146 valence electrons. The summed E-state index contributed by atoms with van der Waals surface area (Å²) < 4.78 is 10.0. The third kappa shape index (κ3) is 7.92. The van der Waals surface area contributed by atoms with Gasteiger partial charge in [0.2, 0.25) is 0 Å². The van der Waals surface area contributed by atoms with Crippen molar-refractivity contribution >= 4 is 11.9 Å². The fourth-order valence-corrected chi connectivity index (χ4v) is 2.16. The van der Waals surface area contributed by atoms with Crippen molar-refractivity contribution in [1.82, 2.24) is 0 Å². The smallest absolute Gasteiger partial charge is 0.339 e. The van der Waals surface area contributed by atoms with Crippen LogP contribution in [-0.4, -0.2) is 71.0 Å². The van der Waals surface area contributed by atoms with Crippen molar-refractivity contribution in [3.63, 3.8) is 0 Å². The van der Waals surface area contributed by atoms with Crippen LogP contribution in [0.15, 0.2) is 24.3 Å². The number of hydrogen-bond donors (Lipinski definition) is 4. The lowest BCUT2D eigenvalue weighted by atomic mass is 10.1. The van der Waals surface area contributed by atoms with Crippen molar-refractivity contribution in [2.24, 2.45) is 0 Å². The van der Waals surface area contributed by atoms with Crippen molar-refractivity contribution in [3.8, 4) is 0 Å². The van der Waals surface area contributed by atoms with Crippen molar-refractivity contribution < 1.29 is 39.5 Å². The third-order valence-corrected chi connectivity index (χ3v) is 3.57. The predicted molar refractivity (Wildman–Crippen MR) is 91.7 cm³/mol. The van der Waals surface area contributed by atoms with Gasteiger partial charge in [-0.15, -0.1) is 0 Å². The Balaban J connectivity index is 2.62. The van der Waals surface area contributed by atoms with Crippen molar-refractivity contribution in [3.05, 3.63) is 35.4 Å². The van der Waals surface area contributed by atoms with E-state index in [1.807, 2.05) is 0 Å². The van der Waals surface area contributed by atoms with Crippen LogP contribution in [0.5, 0.6) is 0 Å². The maximum atomic E-state index is 12.2. The molecular formula is C18H26O8. The van der Waals surface area contributed by atoms with Crippen LogP contribution >= 0.6 is 0 Å². The number of ether oxygens (including phenoxy) is 2. The lowest BCUT2D eigenvalue weighted by Gasteiger charge is -2.14. The van der Waals surface area contributed by atoms with E-state index in [4.69, 9.17) is 19.7 Å². The second-order valence-electron chi connectivity index (χ2n) is 5.78. The van der Waals surface area contributed by atoms with E-state index in [0.717, 1.165) is 0 Å². The van der Waals surface area contributed by atoms with E-state index in [1.54, 1.807) is 12.1 Å². The summed E-state index contributed by atoms with van der Waals surface area (Å²) in [5.41, 5.74) is -0.00610. The first-order chi connectivity index (χ1) is 12.5. The summed E-state index contributed by atoms with van der Waals surface area (Å²) >= 11 is 0. The average Bonchev–Trinajstić information content (AvgIpc) is 2.66. The molecule has 0 aliphatic rings. The summed E-state index contributed by atoms with van der Waals surface area (Å²) in [7, 11) is 0. The van der Waals surface area contributed by atoms with E-state index >= 15 is 0 Å². The lowest BCUT2D eigenvalue weighted by molar-refractivity contribution is 0.0189. The molecular weight excluding hydrogens is 344 g/mol. The molecule has 0 fully saturated rings. The van der Waals surface area contributed by atoms with E-state index in [2.05, 4.69) is 0 Å². The number of carbonyl (C=O) groups excluding carboxylic acids is 2. The normalized spacial score (nSPS) is 13.1. The Morgan fingerprint density at radius 3 is 1.54 bits per heavy atom. The van der Waals surface area contributed by atoms with Crippen LogP contribution in [0.25, 0.3) is 0 Å². The SMILES string of the molecule is O=C(OCC(O)CCCO)c1ccccc1C(=O)OCC(O)CCCO. The Morgan fingerprint density at radius 1 is 0.808 bits per heavy atom. The molecule has 1 aromatic rings. The maximum absolute atomic E-state index is 12.2. The summed E-state index contributed by atoms with van der Waals surface area (Å²) in [6.45, 7) is -0.627. The summed E-state index contributed by atoms with van der Waals surface area (Å²) in [5, 5.41) is 36.7. The minimum atomic E-state index is -0.896. The van der Waals surface area contributed by atoms with Gasteiger partial charge in [-0.1, -0.05) is 12.1 Å². The number of aliphatic hydroxyl groups is 4. The minimum Gasteiger partial charge on any atom is -0.459 e. The summed E-state index contributed by atoms with van der Waals surface area (Å²) in [5.74, 6) is -1.55. The molecule has 0 aromatic heterocycles. The molecule has 2 unspecified atom stereocenters. The van der Waals surface area contributed by atoms with Crippen molar-refractivity contribution in [2.75, 3.05) is 26.4 Å².